The number of β-amino-alcohol motifs (C(OH)–C–C–N with tert-alkyl or cyclic N) is 1. The molecule has 1 saturated heterocycles. The van der Waals surface area contributed by atoms with Gasteiger partial charge in [0.15, 0.2) is 0 Å². The van der Waals surface area contributed by atoms with Crippen molar-refractivity contribution in [3.8, 4) is 0 Å². The van der Waals surface area contributed by atoms with Gasteiger partial charge in [-0.2, -0.15) is 0 Å². The van der Waals surface area contributed by atoms with Crippen LogP contribution in [-0.4, -0.2) is 44.6 Å². The number of carbonyl (C=O) groups is 1. The maximum absolute atomic E-state index is 12.9. The number of piperidine rings is 1. The van der Waals surface area contributed by atoms with Crippen LogP contribution in [0.15, 0.2) is 55.0 Å². The third kappa shape index (κ3) is 3.16. The van der Waals surface area contributed by atoms with E-state index in [-0.39, 0.29) is 24.0 Å². The summed E-state index contributed by atoms with van der Waals surface area (Å²) in [6, 6.07) is 11.4. The summed E-state index contributed by atoms with van der Waals surface area (Å²) in [7, 11) is 0. The van der Waals surface area contributed by atoms with E-state index in [4.69, 9.17) is 0 Å². The van der Waals surface area contributed by atoms with Crippen LogP contribution >= 0.6 is 12.4 Å². The van der Waals surface area contributed by atoms with Crippen LogP contribution < -0.4 is 10.6 Å². The molecule has 2 atom stereocenters. The van der Waals surface area contributed by atoms with Crippen molar-refractivity contribution in [2.24, 2.45) is 0 Å². The second kappa shape index (κ2) is 7.41. The minimum absolute atomic E-state index is 0. The van der Waals surface area contributed by atoms with Gasteiger partial charge in [-0.1, -0.05) is 30.3 Å². The summed E-state index contributed by atoms with van der Waals surface area (Å²) in [6.07, 6.45) is 4.92. The molecule has 1 aliphatic heterocycles. The molecule has 7 nitrogen and oxygen atoms in total. The smallest absolute Gasteiger partial charge is 0.272 e. The molecule has 3 heterocycles. The van der Waals surface area contributed by atoms with Gasteiger partial charge in [-0.25, -0.2) is 9.97 Å². The first kappa shape index (κ1) is 18.3. The van der Waals surface area contributed by atoms with Gasteiger partial charge in [0, 0.05) is 25.1 Å². The van der Waals surface area contributed by atoms with Crippen molar-refractivity contribution in [2.75, 3.05) is 13.1 Å². The molecule has 0 bridgehead atoms. The SMILES string of the molecule is Cl.O=C(N[C@]1(c2ccccc2)CCNC[C@H]1O)c1cn2cccnc2n1. The van der Waals surface area contributed by atoms with Crippen molar-refractivity contribution in [1.29, 1.82) is 0 Å². The molecule has 0 spiro atoms. The third-order valence-corrected chi connectivity index (χ3v) is 4.70. The van der Waals surface area contributed by atoms with E-state index in [0.29, 0.717) is 25.3 Å². The summed E-state index contributed by atoms with van der Waals surface area (Å²) < 4.78 is 1.70. The number of nitrogens with zero attached hydrogens (tertiary/aromatic N) is 3. The minimum atomic E-state index is -0.840. The summed E-state index contributed by atoms with van der Waals surface area (Å²) in [6.45, 7) is 1.13. The molecule has 1 fully saturated rings. The molecule has 3 aromatic rings. The van der Waals surface area contributed by atoms with Crippen molar-refractivity contribution < 1.29 is 9.90 Å². The van der Waals surface area contributed by atoms with Crippen LogP contribution in [0.25, 0.3) is 5.78 Å². The van der Waals surface area contributed by atoms with E-state index in [1.807, 2.05) is 30.3 Å². The first-order valence-electron chi connectivity index (χ1n) is 8.25. The van der Waals surface area contributed by atoms with Crippen molar-refractivity contribution in [3.05, 3.63) is 66.2 Å². The molecule has 3 N–H and O–H groups in total. The topological polar surface area (TPSA) is 91.5 Å². The lowest BCUT2D eigenvalue weighted by Crippen LogP contribution is -2.61. The molecule has 0 unspecified atom stereocenters. The molecule has 1 amide bonds. The first-order valence-corrected chi connectivity index (χ1v) is 8.25. The fourth-order valence-electron chi connectivity index (χ4n) is 3.36. The van der Waals surface area contributed by atoms with E-state index in [9.17, 15) is 9.90 Å². The van der Waals surface area contributed by atoms with Gasteiger partial charge < -0.3 is 15.7 Å². The van der Waals surface area contributed by atoms with Crippen LogP contribution in [0.1, 0.15) is 22.5 Å². The van der Waals surface area contributed by atoms with E-state index in [1.54, 1.807) is 29.1 Å². The number of amides is 1. The molecule has 4 rings (SSSR count). The molecular weight excluding hydrogens is 354 g/mol. The Morgan fingerprint density at radius 1 is 1.31 bits per heavy atom. The van der Waals surface area contributed by atoms with Crippen molar-refractivity contribution >= 4 is 24.1 Å². The number of fused-ring (bicyclic) bond motifs is 1. The van der Waals surface area contributed by atoms with Crippen LogP contribution in [0, 0.1) is 0 Å². The number of aliphatic hydroxyl groups excluding tert-OH is 1. The molecule has 0 saturated carbocycles. The van der Waals surface area contributed by atoms with Gasteiger partial charge >= 0.3 is 0 Å². The zero-order valence-electron chi connectivity index (χ0n) is 14.0. The van der Waals surface area contributed by atoms with Gasteiger partial charge in [0.25, 0.3) is 5.91 Å². The summed E-state index contributed by atoms with van der Waals surface area (Å²) in [5.41, 5.74) is 0.325. The minimum Gasteiger partial charge on any atom is -0.389 e. The highest BCUT2D eigenvalue weighted by Gasteiger charge is 2.43. The Bertz CT molecular complexity index is 868. The lowest BCUT2D eigenvalue weighted by atomic mass is 9.79. The van der Waals surface area contributed by atoms with Crippen LogP contribution in [0.2, 0.25) is 0 Å². The number of carbonyl (C=O) groups excluding carboxylic acids is 1. The van der Waals surface area contributed by atoms with Crippen molar-refractivity contribution in [3.63, 3.8) is 0 Å². The van der Waals surface area contributed by atoms with Gasteiger partial charge in [0.2, 0.25) is 5.78 Å². The lowest BCUT2D eigenvalue weighted by molar-refractivity contribution is 0.0288. The number of rotatable bonds is 3. The third-order valence-electron chi connectivity index (χ3n) is 4.70. The number of aromatic nitrogens is 3. The molecule has 0 radical (unpaired) electrons. The number of aliphatic hydroxyl groups is 1. The Morgan fingerprint density at radius 2 is 2.12 bits per heavy atom. The van der Waals surface area contributed by atoms with Gasteiger partial charge in [-0.05, 0) is 24.6 Å². The lowest BCUT2D eigenvalue weighted by Gasteiger charge is -2.42. The average Bonchev–Trinajstić information content (AvgIpc) is 3.09. The number of imidazole rings is 1. The fourth-order valence-corrected chi connectivity index (χ4v) is 3.36. The van der Waals surface area contributed by atoms with E-state index in [0.717, 1.165) is 5.56 Å². The van der Waals surface area contributed by atoms with Gasteiger partial charge in [-0.15, -0.1) is 12.4 Å². The molecule has 1 aliphatic rings. The quantitative estimate of drug-likeness (QED) is 0.640. The van der Waals surface area contributed by atoms with E-state index in [2.05, 4.69) is 20.6 Å². The Labute approximate surface area is 156 Å². The zero-order valence-corrected chi connectivity index (χ0v) is 14.8. The van der Waals surface area contributed by atoms with Gasteiger partial charge in [0.05, 0.1) is 11.6 Å². The summed E-state index contributed by atoms with van der Waals surface area (Å²) in [4.78, 5) is 21.3. The Balaban J connectivity index is 0.00000196. The predicted octanol–water partition coefficient (Wildman–Crippen LogP) is 1.13. The number of benzene rings is 1. The van der Waals surface area contributed by atoms with E-state index in [1.165, 1.54) is 0 Å². The normalized spacial score (nSPS) is 22.6. The monoisotopic (exact) mass is 373 g/mol. The second-order valence-corrected chi connectivity index (χ2v) is 6.21. The number of nitrogens with one attached hydrogen (secondary N) is 2. The molecule has 26 heavy (non-hydrogen) atoms. The molecular formula is C18H20ClN5O2. The molecule has 8 heteroatoms. The van der Waals surface area contributed by atoms with E-state index >= 15 is 0 Å². The number of hydrogen-bond acceptors (Lipinski definition) is 5. The first-order chi connectivity index (χ1) is 12.2. The largest absolute Gasteiger partial charge is 0.389 e. The molecule has 2 aromatic heterocycles. The summed E-state index contributed by atoms with van der Waals surface area (Å²) in [5.74, 6) is 0.141. The average molecular weight is 374 g/mol. The number of halogens is 1. The Hall–Kier alpha value is -2.48. The van der Waals surface area contributed by atoms with Gasteiger partial charge in [-0.3, -0.25) is 9.20 Å². The van der Waals surface area contributed by atoms with E-state index < -0.39 is 11.6 Å². The standard InChI is InChI=1S/C18H19N5O2.ClH/c24-15-11-19-9-7-18(15,13-5-2-1-3-6-13)22-16(25)14-12-23-10-4-8-20-17(23)21-14;/h1-6,8,10,12,15,19,24H,7,9,11H2,(H,22,25);1H/t15-,18+;/m1./s1. The number of hydrogen-bond donors (Lipinski definition) is 3. The van der Waals surface area contributed by atoms with Gasteiger partial charge in [0.1, 0.15) is 5.69 Å². The fraction of sp³-hybridized carbons (Fsp3) is 0.278. The summed E-state index contributed by atoms with van der Waals surface area (Å²) >= 11 is 0. The van der Waals surface area contributed by atoms with Crippen LogP contribution in [0.5, 0.6) is 0 Å². The maximum atomic E-state index is 12.9. The van der Waals surface area contributed by atoms with Crippen LogP contribution in [0.4, 0.5) is 0 Å². The second-order valence-electron chi connectivity index (χ2n) is 6.21. The Morgan fingerprint density at radius 3 is 2.85 bits per heavy atom. The van der Waals surface area contributed by atoms with Crippen molar-refractivity contribution in [2.45, 2.75) is 18.1 Å². The molecule has 1 aromatic carbocycles. The highest BCUT2D eigenvalue weighted by atomic mass is 35.5. The molecule has 136 valence electrons. The van der Waals surface area contributed by atoms with Crippen LogP contribution in [0.3, 0.4) is 0 Å². The Kier molecular flexibility index (Phi) is 5.22. The highest BCUT2D eigenvalue weighted by Crippen LogP contribution is 2.31. The highest BCUT2D eigenvalue weighted by molar-refractivity contribution is 5.93. The summed E-state index contributed by atoms with van der Waals surface area (Å²) in [5, 5.41) is 16.9. The van der Waals surface area contributed by atoms with Crippen LogP contribution in [-0.2, 0) is 5.54 Å². The maximum Gasteiger partial charge on any atom is 0.272 e. The predicted molar refractivity (Wildman–Crippen MR) is 99.3 cm³/mol. The van der Waals surface area contributed by atoms with Crippen molar-refractivity contribution in [1.82, 2.24) is 25.0 Å². The molecule has 0 aliphatic carbocycles. The zero-order chi connectivity index (χ0) is 17.3.